The van der Waals surface area contributed by atoms with Gasteiger partial charge < -0.3 is 14.5 Å². The summed E-state index contributed by atoms with van der Waals surface area (Å²) in [5, 5.41) is 11.1. The SMILES string of the molecule is N#CCOc1ccc(NC(=O)c2ccoc2Br)cc1. The van der Waals surface area contributed by atoms with Crippen LogP contribution in [0.4, 0.5) is 5.69 Å². The third-order valence-electron chi connectivity index (χ3n) is 2.28. The van der Waals surface area contributed by atoms with Gasteiger partial charge in [0.15, 0.2) is 11.3 Å². The summed E-state index contributed by atoms with van der Waals surface area (Å²) in [4.78, 5) is 11.9. The minimum atomic E-state index is -0.272. The van der Waals surface area contributed by atoms with E-state index in [0.29, 0.717) is 21.7 Å². The standard InChI is InChI=1S/C13H9BrN2O3/c14-12-11(5-7-19-12)13(17)16-9-1-3-10(4-2-9)18-8-6-15/h1-5,7H,8H2,(H,16,17). The third kappa shape index (κ3) is 3.36. The lowest BCUT2D eigenvalue weighted by Gasteiger charge is -2.05. The lowest BCUT2D eigenvalue weighted by Crippen LogP contribution is -2.11. The number of carbonyl (C=O) groups excluding carboxylic acids is 1. The van der Waals surface area contributed by atoms with Crippen molar-refractivity contribution in [2.24, 2.45) is 0 Å². The van der Waals surface area contributed by atoms with E-state index < -0.39 is 0 Å². The van der Waals surface area contributed by atoms with E-state index in [4.69, 9.17) is 14.4 Å². The van der Waals surface area contributed by atoms with Crippen molar-refractivity contribution in [1.29, 1.82) is 5.26 Å². The summed E-state index contributed by atoms with van der Waals surface area (Å²) >= 11 is 3.14. The highest BCUT2D eigenvalue weighted by atomic mass is 79.9. The van der Waals surface area contributed by atoms with E-state index in [0.717, 1.165) is 0 Å². The number of hydrogen-bond donors (Lipinski definition) is 1. The Bertz CT molecular complexity index is 614. The largest absolute Gasteiger partial charge is 0.479 e. The van der Waals surface area contributed by atoms with Crippen LogP contribution < -0.4 is 10.1 Å². The van der Waals surface area contributed by atoms with Crippen LogP contribution in [0.2, 0.25) is 0 Å². The van der Waals surface area contributed by atoms with E-state index in [2.05, 4.69) is 21.2 Å². The number of nitrogens with one attached hydrogen (secondary N) is 1. The van der Waals surface area contributed by atoms with Crippen molar-refractivity contribution in [3.05, 3.63) is 46.8 Å². The maximum atomic E-state index is 11.9. The molecule has 0 fully saturated rings. The van der Waals surface area contributed by atoms with Gasteiger partial charge in [0.2, 0.25) is 0 Å². The number of halogens is 1. The van der Waals surface area contributed by atoms with Crippen LogP contribution in [-0.4, -0.2) is 12.5 Å². The average molecular weight is 321 g/mol. The normalized spacial score (nSPS) is 9.68. The summed E-state index contributed by atoms with van der Waals surface area (Å²) in [5.41, 5.74) is 1.05. The number of nitriles is 1. The molecule has 1 aromatic carbocycles. The van der Waals surface area contributed by atoms with Gasteiger partial charge in [-0.1, -0.05) is 0 Å². The Morgan fingerprint density at radius 1 is 1.37 bits per heavy atom. The molecule has 0 aliphatic carbocycles. The molecule has 0 saturated carbocycles. The highest BCUT2D eigenvalue weighted by Gasteiger charge is 2.12. The van der Waals surface area contributed by atoms with Crippen molar-refractivity contribution in [3.8, 4) is 11.8 Å². The molecular formula is C13H9BrN2O3. The van der Waals surface area contributed by atoms with Crippen LogP contribution in [0.5, 0.6) is 5.75 Å². The Kier molecular flexibility index (Phi) is 4.21. The zero-order chi connectivity index (χ0) is 13.7. The van der Waals surface area contributed by atoms with Crippen molar-refractivity contribution >= 4 is 27.5 Å². The molecule has 1 aromatic heterocycles. The Balaban J connectivity index is 2.02. The molecular weight excluding hydrogens is 312 g/mol. The van der Waals surface area contributed by atoms with Gasteiger partial charge in [0.1, 0.15) is 11.8 Å². The van der Waals surface area contributed by atoms with Crippen LogP contribution in [0.25, 0.3) is 0 Å². The molecule has 19 heavy (non-hydrogen) atoms. The smallest absolute Gasteiger partial charge is 0.260 e. The van der Waals surface area contributed by atoms with Crippen LogP contribution in [-0.2, 0) is 0 Å². The summed E-state index contributed by atoms with van der Waals surface area (Å²) in [6.45, 7) is -0.00628. The topological polar surface area (TPSA) is 75.3 Å². The van der Waals surface area contributed by atoms with Gasteiger partial charge in [-0.15, -0.1) is 0 Å². The van der Waals surface area contributed by atoms with Crippen LogP contribution in [0.15, 0.2) is 45.7 Å². The minimum Gasteiger partial charge on any atom is -0.479 e. The van der Waals surface area contributed by atoms with Gasteiger partial charge in [0.25, 0.3) is 5.91 Å². The number of benzene rings is 1. The second kappa shape index (κ2) is 6.07. The highest BCUT2D eigenvalue weighted by molar-refractivity contribution is 9.10. The van der Waals surface area contributed by atoms with E-state index in [-0.39, 0.29) is 12.5 Å². The number of anilines is 1. The molecule has 1 heterocycles. The first-order valence-electron chi connectivity index (χ1n) is 5.35. The van der Waals surface area contributed by atoms with Gasteiger partial charge in [0, 0.05) is 5.69 Å². The summed E-state index contributed by atoms with van der Waals surface area (Å²) in [6.07, 6.45) is 1.43. The van der Waals surface area contributed by atoms with Crippen molar-refractivity contribution in [1.82, 2.24) is 0 Å². The molecule has 2 rings (SSSR count). The lowest BCUT2D eigenvalue weighted by atomic mass is 10.2. The second-order valence-corrected chi connectivity index (χ2v) is 4.25. The van der Waals surface area contributed by atoms with Crippen molar-refractivity contribution in [3.63, 3.8) is 0 Å². The van der Waals surface area contributed by atoms with Crippen molar-refractivity contribution in [2.75, 3.05) is 11.9 Å². The molecule has 0 atom stereocenters. The van der Waals surface area contributed by atoms with Crippen LogP contribution >= 0.6 is 15.9 Å². The quantitative estimate of drug-likeness (QED) is 0.938. The third-order valence-corrected chi connectivity index (χ3v) is 2.89. The van der Waals surface area contributed by atoms with Gasteiger partial charge >= 0.3 is 0 Å². The summed E-state index contributed by atoms with van der Waals surface area (Å²) in [5.74, 6) is 0.301. The molecule has 0 aliphatic heterocycles. The molecule has 1 amide bonds. The summed E-state index contributed by atoms with van der Waals surface area (Å²) in [7, 11) is 0. The first-order chi connectivity index (χ1) is 9.20. The number of hydrogen-bond acceptors (Lipinski definition) is 4. The number of furan rings is 1. The molecule has 6 heteroatoms. The number of nitrogens with zero attached hydrogens (tertiary/aromatic N) is 1. The highest BCUT2D eigenvalue weighted by Crippen LogP contribution is 2.20. The fraction of sp³-hybridized carbons (Fsp3) is 0.0769. The van der Waals surface area contributed by atoms with Gasteiger partial charge in [-0.25, -0.2) is 0 Å². The number of carbonyl (C=O) groups is 1. The molecule has 5 nitrogen and oxygen atoms in total. The maximum Gasteiger partial charge on any atom is 0.260 e. The predicted octanol–water partition coefficient (Wildman–Crippen LogP) is 3.20. The maximum absolute atomic E-state index is 11.9. The fourth-order valence-corrected chi connectivity index (χ4v) is 1.82. The molecule has 0 aliphatic rings. The number of ether oxygens (including phenoxy) is 1. The van der Waals surface area contributed by atoms with Crippen molar-refractivity contribution < 1.29 is 13.9 Å². The van der Waals surface area contributed by atoms with E-state index in [1.165, 1.54) is 6.26 Å². The van der Waals surface area contributed by atoms with E-state index in [1.54, 1.807) is 30.3 Å². The molecule has 96 valence electrons. The molecule has 0 bridgehead atoms. The summed E-state index contributed by atoms with van der Waals surface area (Å²) in [6, 6.07) is 10.2. The van der Waals surface area contributed by atoms with Gasteiger partial charge in [-0.05, 0) is 46.3 Å². The Hall–Kier alpha value is -2.26. The van der Waals surface area contributed by atoms with E-state index in [1.807, 2.05) is 6.07 Å². The zero-order valence-electron chi connectivity index (χ0n) is 9.72. The van der Waals surface area contributed by atoms with E-state index in [9.17, 15) is 4.79 Å². The minimum absolute atomic E-state index is 0.00628. The van der Waals surface area contributed by atoms with Crippen LogP contribution in [0, 0.1) is 11.3 Å². The lowest BCUT2D eigenvalue weighted by molar-refractivity contribution is 0.102. The van der Waals surface area contributed by atoms with Gasteiger partial charge in [0.05, 0.1) is 11.8 Å². The molecule has 0 saturated heterocycles. The van der Waals surface area contributed by atoms with Crippen LogP contribution in [0.1, 0.15) is 10.4 Å². The van der Waals surface area contributed by atoms with Crippen LogP contribution in [0.3, 0.4) is 0 Å². The summed E-state index contributed by atoms with van der Waals surface area (Å²) < 4.78 is 10.5. The predicted molar refractivity (Wildman–Crippen MR) is 71.9 cm³/mol. The van der Waals surface area contributed by atoms with Crippen molar-refractivity contribution in [2.45, 2.75) is 0 Å². The first-order valence-corrected chi connectivity index (χ1v) is 6.14. The Labute approximate surface area is 117 Å². The molecule has 1 N–H and O–H groups in total. The Morgan fingerprint density at radius 2 is 2.11 bits per heavy atom. The molecule has 2 aromatic rings. The van der Waals surface area contributed by atoms with E-state index >= 15 is 0 Å². The molecule has 0 spiro atoms. The van der Waals surface area contributed by atoms with Gasteiger partial charge in [-0.2, -0.15) is 5.26 Å². The second-order valence-electron chi connectivity index (χ2n) is 3.53. The Morgan fingerprint density at radius 3 is 2.68 bits per heavy atom. The zero-order valence-corrected chi connectivity index (χ0v) is 11.3. The number of rotatable bonds is 4. The first kappa shape index (κ1) is 13.2. The average Bonchev–Trinajstić information content (AvgIpc) is 2.84. The fourth-order valence-electron chi connectivity index (χ4n) is 1.40. The number of amides is 1. The van der Waals surface area contributed by atoms with Gasteiger partial charge in [-0.3, -0.25) is 4.79 Å². The molecule has 0 unspecified atom stereocenters. The monoisotopic (exact) mass is 320 g/mol. The molecule has 0 radical (unpaired) electrons.